The van der Waals surface area contributed by atoms with E-state index in [0.29, 0.717) is 0 Å². The summed E-state index contributed by atoms with van der Waals surface area (Å²) in [6, 6.07) is 17.2. The summed E-state index contributed by atoms with van der Waals surface area (Å²) in [5.74, 6) is 0. The van der Waals surface area contributed by atoms with Crippen LogP contribution >= 0.6 is 0 Å². The average Bonchev–Trinajstić information content (AvgIpc) is 2.71. The molecule has 0 amide bonds. The standard InChI is InChI=1S/C21H29N3O3S/c22-28(25,26)21-9-7-20(8-10-21)24-15-13-23(14-16-24)12-4-17-27-18-11-19-5-2-1-3-6-19/h1-3,5-10H,4,11-18H2,(H2,22,25,26). The number of benzene rings is 2. The molecule has 152 valence electrons. The molecule has 2 aromatic carbocycles. The Morgan fingerprint density at radius 3 is 2.21 bits per heavy atom. The fourth-order valence-corrected chi connectivity index (χ4v) is 3.92. The topological polar surface area (TPSA) is 75.9 Å². The predicted molar refractivity (Wildman–Crippen MR) is 112 cm³/mol. The van der Waals surface area contributed by atoms with Gasteiger partial charge in [-0.2, -0.15) is 0 Å². The van der Waals surface area contributed by atoms with Gasteiger partial charge in [-0.15, -0.1) is 0 Å². The lowest BCUT2D eigenvalue weighted by Crippen LogP contribution is -2.46. The molecule has 0 aliphatic carbocycles. The van der Waals surface area contributed by atoms with Crippen molar-refractivity contribution in [1.82, 2.24) is 4.90 Å². The van der Waals surface area contributed by atoms with Crippen molar-refractivity contribution in [1.29, 1.82) is 0 Å². The number of rotatable bonds is 9. The lowest BCUT2D eigenvalue weighted by molar-refractivity contribution is 0.122. The van der Waals surface area contributed by atoms with Crippen LogP contribution in [0.4, 0.5) is 5.69 Å². The zero-order valence-corrected chi connectivity index (χ0v) is 17.0. The predicted octanol–water partition coefficient (Wildman–Crippen LogP) is 2.11. The molecule has 0 unspecified atom stereocenters. The van der Waals surface area contributed by atoms with E-state index >= 15 is 0 Å². The van der Waals surface area contributed by atoms with Crippen LogP contribution in [0.1, 0.15) is 12.0 Å². The van der Waals surface area contributed by atoms with Gasteiger partial charge >= 0.3 is 0 Å². The fourth-order valence-electron chi connectivity index (χ4n) is 3.40. The monoisotopic (exact) mass is 403 g/mol. The Balaban J connectivity index is 1.31. The Labute approximate surface area is 168 Å². The molecule has 1 saturated heterocycles. The van der Waals surface area contributed by atoms with Crippen LogP contribution in [0.2, 0.25) is 0 Å². The lowest BCUT2D eigenvalue weighted by atomic mass is 10.2. The van der Waals surface area contributed by atoms with Crippen LogP contribution in [0.25, 0.3) is 0 Å². The maximum absolute atomic E-state index is 11.3. The van der Waals surface area contributed by atoms with Crippen molar-refractivity contribution in [3.8, 4) is 0 Å². The van der Waals surface area contributed by atoms with Crippen LogP contribution in [-0.2, 0) is 21.2 Å². The third-order valence-electron chi connectivity index (χ3n) is 5.04. The zero-order valence-electron chi connectivity index (χ0n) is 16.2. The first-order chi connectivity index (χ1) is 13.5. The molecule has 0 spiro atoms. The molecule has 7 heteroatoms. The number of nitrogens with zero attached hydrogens (tertiary/aromatic N) is 2. The van der Waals surface area contributed by atoms with Gasteiger partial charge in [0, 0.05) is 45.0 Å². The minimum atomic E-state index is -3.63. The molecule has 0 saturated carbocycles. The minimum absolute atomic E-state index is 0.155. The average molecular weight is 404 g/mol. The van der Waals surface area contributed by atoms with Crippen LogP contribution in [0.15, 0.2) is 59.5 Å². The maximum Gasteiger partial charge on any atom is 0.238 e. The van der Waals surface area contributed by atoms with E-state index in [1.807, 2.05) is 18.2 Å². The Morgan fingerprint density at radius 2 is 1.57 bits per heavy atom. The normalized spacial score (nSPS) is 15.7. The van der Waals surface area contributed by atoms with E-state index in [1.54, 1.807) is 12.1 Å². The summed E-state index contributed by atoms with van der Waals surface area (Å²) >= 11 is 0. The zero-order chi connectivity index (χ0) is 19.8. The van der Waals surface area contributed by atoms with E-state index in [0.717, 1.165) is 64.5 Å². The van der Waals surface area contributed by atoms with E-state index in [-0.39, 0.29) is 4.90 Å². The van der Waals surface area contributed by atoms with Gasteiger partial charge in [-0.1, -0.05) is 30.3 Å². The molecule has 0 radical (unpaired) electrons. The second kappa shape index (κ2) is 10.0. The van der Waals surface area contributed by atoms with Gasteiger partial charge in [0.2, 0.25) is 10.0 Å². The van der Waals surface area contributed by atoms with Crippen molar-refractivity contribution in [2.24, 2.45) is 5.14 Å². The molecule has 1 heterocycles. The van der Waals surface area contributed by atoms with Gasteiger partial charge in [-0.25, -0.2) is 13.6 Å². The number of primary sulfonamides is 1. The van der Waals surface area contributed by atoms with Crippen molar-refractivity contribution >= 4 is 15.7 Å². The third-order valence-corrected chi connectivity index (χ3v) is 5.97. The van der Waals surface area contributed by atoms with Crippen LogP contribution in [-0.4, -0.2) is 59.3 Å². The lowest BCUT2D eigenvalue weighted by Gasteiger charge is -2.36. The first-order valence-electron chi connectivity index (χ1n) is 9.74. The van der Waals surface area contributed by atoms with Gasteiger partial charge in [0.15, 0.2) is 0 Å². The molecule has 1 aliphatic rings. The fraction of sp³-hybridized carbons (Fsp3) is 0.429. The molecule has 28 heavy (non-hydrogen) atoms. The number of hydrogen-bond donors (Lipinski definition) is 1. The van der Waals surface area contributed by atoms with Crippen molar-refractivity contribution < 1.29 is 13.2 Å². The SMILES string of the molecule is NS(=O)(=O)c1ccc(N2CCN(CCCOCCc3ccccc3)CC2)cc1. The summed E-state index contributed by atoms with van der Waals surface area (Å²) in [6.45, 7) is 6.48. The van der Waals surface area contributed by atoms with Crippen LogP contribution < -0.4 is 10.0 Å². The summed E-state index contributed by atoms with van der Waals surface area (Å²) < 4.78 is 28.5. The van der Waals surface area contributed by atoms with Gasteiger partial charge in [0.05, 0.1) is 11.5 Å². The quantitative estimate of drug-likeness (QED) is 0.649. The Kier molecular flexibility index (Phi) is 7.44. The van der Waals surface area contributed by atoms with Gasteiger partial charge in [-0.3, -0.25) is 4.90 Å². The van der Waals surface area contributed by atoms with Gasteiger partial charge in [0.1, 0.15) is 0 Å². The molecule has 0 aromatic heterocycles. The van der Waals surface area contributed by atoms with Gasteiger partial charge in [-0.05, 0) is 42.7 Å². The second-order valence-corrected chi connectivity index (χ2v) is 8.63. The number of hydrogen-bond acceptors (Lipinski definition) is 5. The second-order valence-electron chi connectivity index (χ2n) is 7.07. The van der Waals surface area contributed by atoms with Gasteiger partial charge < -0.3 is 9.64 Å². The number of ether oxygens (including phenoxy) is 1. The van der Waals surface area contributed by atoms with Gasteiger partial charge in [0.25, 0.3) is 0 Å². The minimum Gasteiger partial charge on any atom is -0.381 e. The van der Waals surface area contributed by atoms with Crippen LogP contribution in [0.5, 0.6) is 0 Å². The molecular weight excluding hydrogens is 374 g/mol. The summed E-state index contributed by atoms with van der Waals surface area (Å²) in [5, 5.41) is 5.15. The van der Waals surface area contributed by atoms with Crippen LogP contribution in [0.3, 0.4) is 0 Å². The molecule has 1 fully saturated rings. The van der Waals surface area contributed by atoms with Crippen LogP contribution in [0, 0.1) is 0 Å². The largest absolute Gasteiger partial charge is 0.381 e. The molecule has 2 aromatic rings. The first-order valence-corrected chi connectivity index (χ1v) is 11.3. The Bertz CT molecular complexity index is 818. The first kappa shape index (κ1) is 20.8. The van der Waals surface area contributed by atoms with E-state index in [1.165, 1.54) is 5.56 Å². The molecule has 0 bridgehead atoms. The van der Waals surface area contributed by atoms with E-state index in [4.69, 9.17) is 9.88 Å². The third kappa shape index (κ3) is 6.31. The molecule has 2 N–H and O–H groups in total. The van der Waals surface area contributed by atoms with E-state index in [9.17, 15) is 8.42 Å². The smallest absolute Gasteiger partial charge is 0.238 e. The van der Waals surface area contributed by atoms with E-state index < -0.39 is 10.0 Å². The van der Waals surface area contributed by atoms with Crippen molar-refractivity contribution in [2.75, 3.05) is 50.8 Å². The highest BCUT2D eigenvalue weighted by atomic mass is 32.2. The summed E-state index contributed by atoms with van der Waals surface area (Å²) in [4.78, 5) is 4.89. The molecular formula is C21H29N3O3S. The Hall–Kier alpha value is -1.93. The molecule has 6 nitrogen and oxygen atoms in total. The summed E-state index contributed by atoms with van der Waals surface area (Å²) in [5.41, 5.74) is 2.35. The van der Waals surface area contributed by atoms with Crippen molar-refractivity contribution in [2.45, 2.75) is 17.7 Å². The highest BCUT2D eigenvalue weighted by molar-refractivity contribution is 7.89. The highest BCUT2D eigenvalue weighted by Gasteiger charge is 2.17. The molecule has 0 atom stereocenters. The number of nitrogens with two attached hydrogens (primary N) is 1. The van der Waals surface area contributed by atoms with Crippen molar-refractivity contribution in [3.05, 3.63) is 60.2 Å². The van der Waals surface area contributed by atoms with Crippen molar-refractivity contribution in [3.63, 3.8) is 0 Å². The number of piperazine rings is 1. The number of sulfonamides is 1. The Morgan fingerprint density at radius 1 is 0.893 bits per heavy atom. The summed E-state index contributed by atoms with van der Waals surface area (Å²) in [6.07, 6.45) is 2.00. The summed E-state index contributed by atoms with van der Waals surface area (Å²) in [7, 11) is -3.63. The molecule has 3 rings (SSSR count). The van der Waals surface area contributed by atoms with E-state index in [2.05, 4.69) is 34.1 Å². The molecule has 1 aliphatic heterocycles. The maximum atomic E-state index is 11.3. The highest BCUT2D eigenvalue weighted by Crippen LogP contribution is 2.19. The number of anilines is 1.